The Bertz CT molecular complexity index is 376. The number of hydrogen-bond donors (Lipinski definition) is 2. The van der Waals surface area contributed by atoms with Crippen LogP contribution in [0.25, 0.3) is 0 Å². The molecule has 1 aromatic rings. The maximum absolute atomic E-state index is 12.1. The minimum absolute atomic E-state index is 0.0247. The van der Waals surface area contributed by atoms with Crippen LogP contribution in [0.5, 0.6) is 0 Å². The number of amides is 1. The number of benzene rings is 1. The van der Waals surface area contributed by atoms with Gasteiger partial charge in [0.05, 0.1) is 6.04 Å². The molecule has 0 heterocycles. The molecule has 0 aliphatic heterocycles. The predicted molar refractivity (Wildman–Crippen MR) is 79.6 cm³/mol. The Hall–Kier alpha value is -1.35. The van der Waals surface area contributed by atoms with E-state index in [1.165, 1.54) is 5.56 Å². The van der Waals surface area contributed by atoms with Gasteiger partial charge in [-0.3, -0.25) is 4.79 Å². The van der Waals surface area contributed by atoms with Crippen molar-refractivity contribution in [2.24, 2.45) is 17.6 Å². The molecular formula is C16H26N2O. The molecule has 3 N–H and O–H groups in total. The quantitative estimate of drug-likeness (QED) is 0.794. The summed E-state index contributed by atoms with van der Waals surface area (Å²) in [5.74, 6) is 0.610. The summed E-state index contributed by atoms with van der Waals surface area (Å²) in [6.45, 7) is 6.82. The molecule has 3 heteroatoms. The van der Waals surface area contributed by atoms with E-state index in [9.17, 15) is 4.79 Å². The van der Waals surface area contributed by atoms with Crippen molar-refractivity contribution in [3.63, 3.8) is 0 Å². The van der Waals surface area contributed by atoms with Crippen molar-refractivity contribution in [2.75, 3.05) is 6.54 Å². The molecule has 1 rings (SSSR count). The van der Waals surface area contributed by atoms with Crippen LogP contribution in [0.2, 0.25) is 0 Å². The first-order chi connectivity index (χ1) is 9.04. The molecule has 2 atom stereocenters. The summed E-state index contributed by atoms with van der Waals surface area (Å²) < 4.78 is 0. The maximum atomic E-state index is 12.1. The Labute approximate surface area is 116 Å². The van der Waals surface area contributed by atoms with Crippen LogP contribution in [0.3, 0.4) is 0 Å². The van der Waals surface area contributed by atoms with Crippen molar-refractivity contribution >= 4 is 5.91 Å². The van der Waals surface area contributed by atoms with Crippen LogP contribution >= 0.6 is 0 Å². The van der Waals surface area contributed by atoms with Gasteiger partial charge in [-0.1, -0.05) is 51.1 Å². The Balaban J connectivity index is 2.73. The lowest BCUT2D eigenvalue weighted by Crippen LogP contribution is -2.34. The third kappa shape index (κ3) is 5.43. The van der Waals surface area contributed by atoms with Gasteiger partial charge in [-0.15, -0.1) is 0 Å². The highest BCUT2D eigenvalue weighted by molar-refractivity contribution is 5.78. The smallest absolute Gasteiger partial charge is 0.223 e. The third-order valence-electron chi connectivity index (χ3n) is 3.27. The van der Waals surface area contributed by atoms with Gasteiger partial charge in [0.2, 0.25) is 5.91 Å². The van der Waals surface area contributed by atoms with Gasteiger partial charge >= 0.3 is 0 Å². The summed E-state index contributed by atoms with van der Waals surface area (Å²) in [4.78, 5) is 12.1. The molecule has 0 saturated carbocycles. The van der Waals surface area contributed by atoms with Gasteiger partial charge in [0, 0.05) is 5.92 Å². The van der Waals surface area contributed by atoms with Crippen molar-refractivity contribution < 1.29 is 4.79 Å². The van der Waals surface area contributed by atoms with E-state index < -0.39 is 0 Å². The van der Waals surface area contributed by atoms with Crippen LogP contribution in [-0.4, -0.2) is 12.5 Å². The van der Waals surface area contributed by atoms with E-state index in [2.05, 4.69) is 31.3 Å². The van der Waals surface area contributed by atoms with Gasteiger partial charge in [-0.2, -0.15) is 0 Å². The van der Waals surface area contributed by atoms with Crippen molar-refractivity contribution in [3.05, 3.63) is 35.9 Å². The van der Waals surface area contributed by atoms with Crippen molar-refractivity contribution in [1.29, 1.82) is 0 Å². The van der Waals surface area contributed by atoms with E-state index in [0.717, 1.165) is 12.8 Å². The second kappa shape index (κ2) is 7.95. The first kappa shape index (κ1) is 15.7. The molecule has 0 bridgehead atoms. The summed E-state index contributed by atoms with van der Waals surface area (Å²) in [6, 6.07) is 10.3. The van der Waals surface area contributed by atoms with E-state index in [-0.39, 0.29) is 17.9 Å². The number of carbonyl (C=O) groups excluding carboxylic acids is 1. The van der Waals surface area contributed by atoms with Gasteiger partial charge < -0.3 is 11.1 Å². The van der Waals surface area contributed by atoms with Gasteiger partial charge in [-0.05, 0) is 30.9 Å². The molecule has 0 spiro atoms. The highest BCUT2D eigenvalue weighted by atomic mass is 16.1. The minimum atomic E-state index is -0.0247. The first-order valence-electron chi connectivity index (χ1n) is 7.10. The molecule has 1 aromatic carbocycles. The molecular weight excluding hydrogens is 236 g/mol. The van der Waals surface area contributed by atoms with Gasteiger partial charge in [0.15, 0.2) is 0 Å². The van der Waals surface area contributed by atoms with Crippen LogP contribution in [0.15, 0.2) is 30.3 Å². The van der Waals surface area contributed by atoms with Crippen LogP contribution in [0.4, 0.5) is 0 Å². The van der Waals surface area contributed by atoms with Gasteiger partial charge in [0.25, 0.3) is 0 Å². The standard InChI is InChI=1S/C16H26N2O/c1-12(2)11-15(14-7-5-4-6-8-14)18-16(19)13(3)9-10-17/h4-8,12-13,15H,9-11,17H2,1-3H3,(H,18,19). The third-order valence-corrected chi connectivity index (χ3v) is 3.27. The second-order valence-electron chi connectivity index (χ2n) is 5.58. The molecule has 0 radical (unpaired) electrons. The molecule has 3 nitrogen and oxygen atoms in total. The summed E-state index contributed by atoms with van der Waals surface area (Å²) in [5.41, 5.74) is 6.68. The van der Waals surface area contributed by atoms with Crippen molar-refractivity contribution in [2.45, 2.75) is 39.7 Å². The number of nitrogens with one attached hydrogen (secondary N) is 1. The number of nitrogens with two attached hydrogens (primary N) is 1. The molecule has 0 aliphatic rings. The maximum Gasteiger partial charge on any atom is 0.223 e. The fraction of sp³-hybridized carbons (Fsp3) is 0.562. The van der Waals surface area contributed by atoms with Crippen LogP contribution in [-0.2, 0) is 4.79 Å². The predicted octanol–water partition coefficient (Wildman–Crippen LogP) is 2.87. The lowest BCUT2D eigenvalue weighted by Gasteiger charge is -2.23. The average molecular weight is 262 g/mol. The number of rotatable bonds is 7. The zero-order valence-electron chi connectivity index (χ0n) is 12.2. The number of hydrogen-bond acceptors (Lipinski definition) is 2. The molecule has 106 valence electrons. The SMILES string of the molecule is CC(C)CC(NC(=O)C(C)CCN)c1ccccc1. The molecule has 19 heavy (non-hydrogen) atoms. The molecule has 0 aromatic heterocycles. The lowest BCUT2D eigenvalue weighted by molar-refractivity contribution is -0.125. The number of carbonyl (C=O) groups is 1. The topological polar surface area (TPSA) is 55.1 Å². The summed E-state index contributed by atoms with van der Waals surface area (Å²) >= 11 is 0. The van der Waals surface area contributed by atoms with Gasteiger partial charge in [-0.25, -0.2) is 0 Å². The van der Waals surface area contributed by atoms with Crippen LogP contribution < -0.4 is 11.1 Å². The van der Waals surface area contributed by atoms with E-state index in [4.69, 9.17) is 5.73 Å². The lowest BCUT2D eigenvalue weighted by atomic mass is 9.96. The zero-order chi connectivity index (χ0) is 14.3. The molecule has 1 amide bonds. The van der Waals surface area contributed by atoms with Crippen molar-refractivity contribution in [3.8, 4) is 0 Å². The van der Waals surface area contributed by atoms with E-state index in [1.807, 2.05) is 25.1 Å². The molecule has 0 saturated heterocycles. The van der Waals surface area contributed by atoms with E-state index >= 15 is 0 Å². The Morgan fingerprint density at radius 2 is 1.84 bits per heavy atom. The Morgan fingerprint density at radius 3 is 2.37 bits per heavy atom. The van der Waals surface area contributed by atoms with Crippen LogP contribution in [0.1, 0.15) is 45.2 Å². The van der Waals surface area contributed by atoms with Gasteiger partial charge in [0.1, 0.15) is 0 Å². The van der Waals surface area contributed by atoms with Crippen LogP contribution in [0, 0.1) is 11.8 Å². The fourth-order valence-corrected chi connectivity index (χ4v) is 2.13. The van der Waals surface area contributed by atoms with E-state index in [1.54, 1.807) is 0 Å². The summed E-state index contributed by atoms with van der Waals surface area (Å²) in [6.07, 6.45) is 1.68. The average Bonchev–Trinajstić information content (AvgIpc) is 2.38. The van der Waals surface area contributed by atoms with Crippen molar-refractivity contribution in [1.82, 2.24) is 5.32 Å². The fourth-order valence-electron chi connectivity index (χ4n) is 2.13. The zero-order valence-corrected chi connectivity index (χ0v) is 12.2. The van der Waals surface area contributed by atoms with E-state index in [0.29, 0.717) is 12.5 Å². The highest BCUT2D eigenvalue weighted by Gasteiger charge is 2.19. The molecule has 0 aliphatic carbocycles. The largest absolute Gasteiger partial charge is 0.349 e. The minimum Gasteiger partial charge on any atom is -0.349 e. The highest BCUT2D eigenvalue weighted by Crippen LogP contribution is 2.21. The summed E-state index contributed by atoms with van der Waals surface area (Å²) in [5, 5.41) is 3.15. The normalized spacial score (nSPS) is 14.2. The molecule has 2 unspecified atom stereocenters. The second-order valence-corrected chi connectivity index (χ2v) is 5.58. The first-order valence-corrected chi connectivity index (χ1v) is 7.10. The Kier molecular flexibility index (Phi) is 6.57. The Morgan fingerprint density at radius 1 is 1.21 bits per heavy atom. The molecule has 0 fully saturated rings. The monoisotopic (exact) mass is 262 g/mol. The summed E-state index contributed by atoms with van der Waals surface area (Å²) in [7, 11) is 0.